The molecule has 1 saturated heterocycles. The number of thioether (sulfide) groups is 1. The highest BCUT2D eigenvalue weighted by atomic mass is 32.2. The van der Waals surface area contributed by atoms with Gasteiger partial charge in [-0.1, -0.05) is 121 Å². The molecule has 0 spiro atoms. The molecule has 1 unspecified atom stereocenters. The maximum absolute atomic E-state index is 13.5. The highest BCUT2D eigenvalue weighted by Crippen LogP contribution is 2.40. The lowest BCUT2D eigenvalue weighted by Crippen LogP contribution is -2.41. The Morgan fingerprint density at radius 2 is 0.724 bits per heavy atom. The molecule has 0 amide bonds. The predicted octanol–water partition coefficient (Wildman–Crippen LogP) is 10.8. The van der Waals surface area contributed by atoms with Gasteiger partial charge in [0.25, 0.3) is 0 Å². The van der Waals surface area contributed by atoms with Crippen LogP contribution in [0.2, 0.25) is 0 Å². The number of benzene rings is 8. The maximum Gasteiger partial charge on any atom is 0.339 e. The minimum absolute atomic E-state index is 0.332. The molecule has 1 aliphatic heterocycles. The molecule has 0 bridgehead atoms. The van der Waals surface area contributed by atoms with Gasteiger partial charge in [-0.2, -0.15) is 0 Å². The molecule has 9 heteroatoms. The van der Waals surface area contributed by atoms with E-state index in [-0.39, 0.29) is 5.25 Å². The SMILES string of the molecule is C[C@@H]1SC(OC(=O)c2ccc3ccccc3c2)[C@H](OC(=O)c2ccc3ccccc3c2)[C@H]1OC(=O)c1ccc2ccccc2c1.O=C(O)c1ccc2ccccc2c1. The number of hydrogen-bond acceptors (Lipinski definition) is 8. The number of rotatable bonds is 7. The van der Waals surface area contributed by atoms with Crippen molar-refractivity contribution < 1.29 is 38.5 Å². The quantitative estimate of drug-likeness (QED) is 0.124. The molecule has 286 valence electrons. The minimum Gasteiger partial charge on any atom is -0.478 e. The van der Waals surface area contributed by atoms with Crippen LogP contribution >= 0.6 is 11.8 Å². The molecule has 0 aromatic heterocycles. The van der Waals surface area contributed by atoms with Crippen LogP contribution in [0.5, 0.6) is 0 Å². The second-order valence-corrected chi connectivity index (χ2v) is 15.4. The monoisotopic (exact) mass is 784 g/mol. The molecule has 58 heavy (non-hydrogen) atoms. The molecular formula is C49H36O8S. The van der Waals surface area contributed by atoms with Crippen LogP contribution in [0.3, 0.4) is 0 Å². The number of carbonyl (C=O) groups is 4. The summed E-state index contributed by atoms with van der Waals surface area (Å²) in [4.78, 5) is 51.0. The third-order valence-electron chi connectivity index (χ3n) is 10.1. The van der Waals surface area contributed by atoms with E-state index in [1.807, 2.05) is 128 Å². The third kappa shape index (κ3) is 8.26. The molecule has 1 fully saturated rings. The molecule has 8 nitrogen and oxygen atoms in total. The normalized spacial score (nSPS) is 17.3. The number of carbonyl (C=O) groups excluding carboxylic acids is 3. The summed E-state index contributed by atoms with van der Waals surface area (Å²) in [5, 5.41) is 16.1. The Labute approximate surface area is 338 Å². The van der Waals surface area contributed by atoms with Gasteiger partial charge in [0.2, 0.25) is 0 Å². The zero-order valence-corrected chi connectivity index (χ0v) is 32.0. The number of fused-ring (bicyclic) bond motifs is 4. The van der Waals surface area contributed by atoms with Gasteiger partial charge in [-0.15, -0.1) is 11.8 Å². The zero-order valence-electron chi connectivity index (χ0n) is 31.2. The van der Waals surface area contributed by atoms with Crippen LogP contribution in [0, 0.1) is 0 Å². The van der Waals surface area contributed by atoms with Crippen LogP contribution < -0.4 is 0 Å². The first-order valence-corrected chi connectivity index (χ1v) is 19.6. The Balaban J connectivity index is 0.000000306. The molecule has 1 N–H and O–H groups in total. The van der Waals surface area contributed by atoms with Crippen molar-refractivity contribution in [1.82, 2.24) is 0 Å². The smallest absolute Gasteiger partial charge is 0.339 e. The summed E-state index contributed by atoms with van der Waals surface area (Å²) >= 11 is 1.29. The van der Waals surface area contributed by atoms with Crippen LogP contribution in [-0.2, 0) is 14.2 Å². The van der Waals surface area contributed by atoms with E-state index >= 15 is 0 Å². The summed E-state index contributed by atoms with van der Waals surface area (Å²) in [6.07, 6.45) is -1.91. The van der Waals surface area contributed by atoms with Crippen LogP contribution in [0.25, 0.3) is 43.1 Å². The van der Waals surface area contributed by atoms with E-state index in [4.69, 9.17) is 19.3 Å². The van der Waals surface area contributed by atoms with Crippen LogP contribution in [0.15, 0.2) is 170 Å². The summed E-state index contributed by atoms with van der Waals surface area (Å²) in [6.45, 7) is 1.86. The third-order valence-corrected chi connectivity index (χ3v) is 11.4. The summed E-state index contributed by atoms with van der Waals surface area (Å²) in [7, 11) is 0. The molecule has 1 aliphatic rings. The molecule has 0 aliphatic carbocycles. The van der Waals surface area contributed by atoms with Crippen molar-refractivity contribution in [3.05, 3.63) is 192 Å². The Morgan fingerprint density at radius 1 is 0.414 bits per heavy atom. The van der Waals surface area contributed by atoms with E-state index in [1.165, 1.54) is 11.8 Å². The van der Waals surface area contributed by atoms with Crippen molar-refractivity contribution in [2.24, 2.45) is 0 Å². The second-order valence-electron chi connectivity index (χ2n) is 13.9. The summed E-state index contributed by atoms with van der Waals surface area (Å²) < 4.78 is 18.0. The van der Waals surface area contributed by atoms with Gasteiger partial charge in [-0.3, -0.25) is 0 Å². The Bertz CT molecular complexity index is 2850. The summed E-state index contributed by atoms with van der Waals surface area (Å²) in [5.74, 6) is -2.59. The fourth-order valence-corrected chi connectivity index (χ4v) is 8.29. The predicted molar refractivity (Wildman–Crippen MR) is 227 cm³/mol. The van der Waals surface area contributed by atoms with Gasteiger partial charge in [0.15, 0.2) is 17.6 Å². The second kappa shape index (κ2) is 16.6. The van der Waals surface area contributed by atoms with Crippen LogP contribution in [-0.4, -0.2) is 51.9 Å². The van der Waals surface area contributed by atoms with E-state index in [1.54, 1.807) is 48.5 Å². The number of aromatic carboxylic acids is 1. The topological polar surface area (TPSA) is 116 Å². The standard InChI is InChI=1S/C38H28O6S.C11H8O2/c1-23-33(42-35(39)30-17-14-24-8-2-5-11-27(24)20-30)34(43-36(40)31-18-15-25-9-3-6-12-28(25)21-31)38(45-23)44-37(41)32-19-16-26-10-4-7-13-29(26)22-32;12-11(13)10-6-5-8-3-1-2-4-9(8)7-10/h2-23,33-34,38H,1H3;1-7H,(H,12,13)/t23-,33-,34+,38?;/m0./s1. The van der Waals surface area contributed by atoms with Gasteiger partial charge in [0, 0.05) is 5.25 Å². The first-order valence-electron chi connectivity index (χ1n) is 18.7. The van der Waals surface area contributed by atoms with Crippen molar-refractivity contribution in [2.45, 2.75) is 29.8 Å². The number of carboxylic acid groups (broad SMARTS) is 1. The highest BCUT2D eigenvalue weighted by Gasteiger charge is 2.49. The van der Waals surface area contributed by atoms with Gasteiger partial charge in [-0.05, 0) is 98.5 Å². The summed E-state index contributed by atoms with van der Waals surface area (Å²) in [6, 6.07) is 52.0. The van der Waals surface area contributed by atoms with Crippen molar-refractivity contribution in [2.75, 3.05) is 0 Å². The largest absolute Gasteiger partial charge is 0.478 e. The molecule has 8 aromatic carbocycles. The van der Waals surface area contributed by atoms with Crippen molar-refractivity contribution in [1.29, 1.82) is 0 Å². The zero-order chi connectivity index (χ0) is 40.2. The average Bonchev–Trinajstić information content (AvgIpc) is 3.54. The lowest BCUT2D eigenvalue weighted by molar-refractivity contribution is -0.0570. The molecule has 4 atom stereocenters. The Hall–Kier alpha value is -6.97. The van der Waals surface area contributed by atoms with Gasteiger partial charge in [0.1, 0.15) is 0 Å². The van der Waals surface area contributed by atoms with Gasteiger partial charge in [-0.25, -0.2) is 19.2 Å². The fraction of sp³-hybridized carbons (Fsp3) is 0.102. The minimum atomic E-state index is -1.04. The van der Waals surface area contributed by atoms with Gasteiger partial charge in [0.05, 0.1) is 22.3 Å². The van der Waals surface area contributed by atoms with E-state index in [2.05, 4.69) is 0 Å². The Kier molecular flexibility index (Phi) is 10.9. The van der Waals surface area contributed by atoms with E-state index in [9.17, 15) is 19.2 Å². The molecular weight excluding hydrogens is 749 g/mol. The first-order chi connectivity index (χ1) is 28.2. The fourth-order valence-electron chi connectivity index (χ4n) is 7.00. The summed E-state index contributed by atoms with van der Waals surface area (Å²) in [5.41, 5.74) is 0.522. The van der Waals surface area contributed by atoms with E-state index in [0.717, 1.165) is 43.1 Å². The molecule has 9 rings (SSSR count). The first kappa shape index (κ1) is 37.9. The number of ether oxygens (including phenoxy) is 3. The van der Waals surface area contributed by atoms with E-state index in [0.29, 0.717) is 22.3 Å². The van der Waals surface area contributed by atoms with Crippen LogP contribution in [0.1, 0.15) is 48.4 Å². The lowest BCUT2D eigenvalue weighted by atomic mass is 10.1. The van der Waals surface area contributed by atoms with Crippen molar-refractivity contribution in [3.8, 4) is 0 Å². The Morgan fingerprint density at radius 3 is 1.10 bits per heavy atom. The van der Waals surface area contributed by atoms with Gasteiger partial charge >= 0.3 is 23.9 Å². The molecule has 8 aromatic rings. The maximum atomic E-state index is 13.5. The lowest BCUT2D eigenvalue weighted by Gasteiger charge is -2.25. The highest BCUT2D eigenvalue weighted by molar-refractivity contribution is 8.00. The molecule has 0 radical (unpaired) electrons. The number of esters is 3. The van der Waals surface area contributed by atoms with Crippen molar-refractivity contribution >= 4 is 78.7 Å². The average molecular weight is 785 g/mol. The van der Waals surface area contributed by atoms with E-state index < -0.39 is 41.5 Å². The molecule has 1 heterocycles. The van der Waals surface area contributed by atoms with Crippen LogP contribution in [0.4, 0.5) is 0 Å². The molecule has 0 saturated carbocycles. The van der Waals surface area contributed by atoms with Gasteiger partial charge < -0.3 is 19.3 Å². The number of hydrogen-bond donors (Lipinski definition) is 1. The van der Waals surface area contributed by atoms with Crippen molar-refractivity contribution in [3.63, 3.8) is 0 Å². The number of carboxylic acids is 1.